The van der Waals surface area contributed by atoms with E-state index < -0.39 is 0 Å². The first-order valence-corrected chi connectivity index (χ1v) is 45.9. The largest absolute Gasteiger partial charge is 0.508 e. The van der Waals surface area contributed by atoms with E-state index in [1.54, 1.807) is 102 Å². The molecule has 12 heterocycles. The maximum atomic E-state index is 13.7. The molecule has 12 aromatic carbocycles. The Hall–Kier alpha value is -18.1. The summed E-state index contributed by atoms with van der Waals surface area (Å²) in [6.07, 6.45) is 22.3. The molecule has 3 N–H and O–H groups in total. The molecule has 0 radical (unpaired) electrons. The van der Waals surface area contributed by atoms with Crippen LogP contribution in [0, 0.1) is 12.7 Å². The Kier molecular flexibility index (Phi) is 27.7. The minimum atomic E-state index is -0.382. The molecule has 690 valence electrons. The van der Waals surface area contributed by atoms with Gasteiger partial charge < -0.3 is 39.0 Å². The smallest absolute Gasteiger partial charge is 0.165 e. The van der Waals surface area contributed by atoms with Crippen molar-refractivity contribution in [3.05, 3.63) is 419 Å². The van der Waals surface area contributed by atoms with Gasteiger partial charge >= 0.3 is 0 Å². The molecule has 0 fully saturated rings. The van der Waals surface area contributed by atoms with Crippen LogP contribution < -0.4 is 23.7 Å². The third-order valence-electron chi connectivity index (χ3n) is 25.0. The number of phenols is 3. The van der Waals surface area contributed by atoms with Crippen molar-refractivity contribution in [1.82, 2.24) is 29.9 Å². The average Bonchev–Trinajstić information content (AvgIpc) is 1.79. The highest BCUT2D eigenvalue weighted by Crippen LogP contribution is 2.43. The SMILES string of the molecule is COc1cc(-c2ncccc2-c2ccc3c(c2)C=NC3)ccc1F.COc1cc(OC)cc(-c2ncccc2-c2ccc3c(c2)C=NC3)c1.COc1ccc(-c2ncccc2-c2ccc3c(c2)C=NC3)cc1OC.Cc1cc(-c2ncccc2-c2ccc3c(c2)C=NC3)ccc1O.Oc1ccc(-c2ncccc2-c2ccc3c(c2)C=NC3)cc1.Oc1cccc(-c2ncccc2-c2ccc3c(c2)C=NC3)c1. The number of methoxy groups -OCH3 is 5. The quantitative estimate of drug-likeness (QED) is 0.0766. The summed E-state index contributed by atoms with van der Waals surface area (Å²) >= 11 is 0. The number of aryl methyl sites for hydroxylation is 1. The highest BCUT2D eigenvalue weighted by molar-refractivity contribution is 5.96. The number of aliphatic imine (C=N–C) groups is 6. The standard InChI is InChI=1S/2C21H18N2O2.C20H15FN2O.C20H16N2O.2C19H14N2O/c1-24-19-8-7-15(11-20(19)25-2)21-18(4-3-9-23-21)14-5-6-16-12-22-13-17(16)10-14;1-24-18-9-16(10-19(11-18)25-2)21-20(4-3-7-23-21)14-5-6-15-12-22-13-17(15)8-14;1-24-19-10-14(6-7-18(19)21)20-17(3-2-8-23-20)13-4-5-15-11-22-12-16(15)9-13;1-13-9-15(6-7-19(13)23)20-18(3-2-8-22-20)14-4-5-16-11-21-12-17(16)10-14;22-17-4-1-3-14(10-17)19-18(5-2-8-21-19)13-6-7-15-11-20-12-16(15)9-13;22-17-7-5-13(6-8-17)19-18(2-1-9-21-19)14-3-4-15-11-20-12-16(15)10-14/h2*3-11,13H,12H2,1-2H3;2-10,12H,11H2,1H3;2-10,12,23H,11H2,1H3;2*1-10,12,22H,11H2. The van der Waals surface area contributed by atoms with Gasteiger partial charge in [-0.25, -0.2) is 4.39 Å². The minimum absolute atomic E-state index is 0.213. The van der Waals surface area contributed by atoms with E-state index >= 15 is 0 Å². The molecule has 20 nitrogen and oxygen atoms in total. The molecule has 0 saturated carbocycles. The van der Waals surface area contributed by atoms with E-state index in [4.69, 9.17) is 23.7 Å². The van der Waals surface area contributed by atoms with Gasteiger partial charge in [-0.1, -0.05) is 121 Å². The fourth-order valence-electron chi connectivity index (χ4n) is 17.6. The number of hydrogen-bond acceptors (Lipinski definition) is 20. The first kappa shape index (κ1) is 92.0. The second kappa shape index (κ2) is 42.4. The van der Waals surface area contributed by atoms with Crippen LogP contribution in [0.4, 0.5) is 4.39 Å². The lowest BCUT2D eigenvalue weighted by Crippen LogP contribution is -1.94. The van der Waals surface area contributed by atoms with Gasteiger partial charge in [-0.3, -0.25) is 59.9 Å². The summed E-state index contributed by atoms with van der Waals surface area (Å²) in [7, 11) is 8.04. The predicted molar refractivity (Wildman–Crippen MR) is 561 cm³/mol. The van der Waals surface area contributed by atoms with E-state index in [2.05, 4.69) is 199 Å². The normalized spacial score (nSPS) is 12.2. The minimum Gasteiger partial charge on any atom is -0.508 e. The molecule has 21 heteroatoms. The summed E-state index contributed by atoms with van der Waals surface area (Å²) < 4.78 is 40.4. The van der Waals surface area contributed by atoms with E-state index in [1.807, 2.05) is 166 Å². The Labute approximate surface area is 816 Å². The number of ether oxygens (including phenoxy) is 5. The van der Waals surface area contributed by atoms with Crippen LogP contribution >= 0.6 is 0 Å². The van der Waals surface area contributed by atoms with Crippen LogP contribution in [0.3, 0.4) is 0 Å². The van der Waals surface area contributed by atoms with Crippen molar-refractivity contribution in [2.45, 2.75) is 46.2 Å². The van der Waals surface area contributed by atoms with E-state index in [9.17, 15) is 19.7 Å². The first-order chi connectivity index (χ1) is 69.2. The van der Waals surface area contributed by atoms with Crippen LogP contribution in [0.1, 0.15) is 72.3 Å². The molecule has 0 bridgehead atoms. The number of phenolic OH excluding ortho intramolecular Hbond substituents is 3. The maximum Gasteiger partial charge on any atom is 0.165 e. The molecule has 0 amide bonds. The Morgan fingerprint density at radius 3 is 0.844 bits per heavy atom. The number of rotatable bonds is 17. The number of fused-ring (bicyclic) bond motifs is 6. The van der Waals surface area contributed by atoms with Gasteiger partial charge in [0.1, 0.15) is 28.7 Å². The zero-order chi connectivity index (χ0) is 96.7. The van der Waals surface area contributed by atoms with Gasteiger partial charge in [0.2, 0.25) is 0 Å². The molecule has 6 aromatic heterocycles. The lowest BCUT2D eigenvalue weighted by Gasteiger charge is -2.13. The van der Waals surface area contributed by atoms with Crippen molar-refractivity contribution in [2.75, 3.05) is 35.5 Å². The van der Waals surface area contributed by atoms with Gasteiger partial charge in [0, 0.05) is 147 Å². The number of benzene rings is 12. The number of hydrogen-bond donors (Lipinski definition) is 3. The molecular formula is C120H95FN12O8. The van der Waals surface area contributed by atoms with E-state index in [0.717, 1.165) is 196 Å². The molecule has 141 heavy (non-hydrogen) atoms. The molecule has 24 rings (SSSR count). The summed E-state index contributed by atoms with van der Waals surface area (Å²) in [5, 5.41) is 28.9. The van der Waals surface area contributed by atoms with Crippen LogP contribution in [-0.2, 0) is 39.3 Å². The lowest BCUT2D eigenvalue weighted by atomic mass is 9.96. The van der Waals surface area contributed by atoms with Gasteiger partial charge in [0.05, 0.1) is 109 Å². The van der Waals surface area contributed by atoms with Crippen molar-refractivity contribution in [2.24, 2.45) is 30.0 Å². The third-order valence-corrected chi connectivity index (χ3v) is 25.0. The van der Waals surface area contributed by atoms with Crippen molar-refractivity contribution < 1.29 is 43.4 Å². The number of halogens is 1. The summed E-state index contributed by atoms with van der Waals surface area (Å²) in [6.45, 7) is 6.48. The number of aromatic nitrogens is 6. The zero-order valence-corrected chi connectivity index (χ0v) is 78.2. The highest BCUT2D eigenvalue weighted by Gasteiger charge is 2.23. The van der Waals surface area contributed by atoms with Crippen LogP contribution in [0.25, 0.3) is 134 Å². The van der Waals surface area contributed by atoms with Crippen LogP contribution in [0.15, 0.2) is 370 Å². The molecule has 6 aliphatic rings. The summed E-state index contributed by atoms with van der Waals surface area (Å²) in [6, 6.07) is 98.9. The Bertz CT molecular complexity index is 7930. The molecule has 0 saturated heterocycles. The number of aromatic hydroxyl groups is 3. The van der Waals surface area contributed by atoms with Gasteiger partial charge in [-0.05, 0) is 289 Å². The number of pyridine rings is 6. The fourth-order valence-corrected chi connectivity index (χ4v) is 17.6. The van der Waals surface area contributed by atoms with Crippen LogP contribution in [0.2, 0.25) is 0 Å². The molecule has 18 aromatic rings. The molecule has 0 aliphatic carbocycles. The van der Waals surface area contributed by atoms with E-state index in [1.165, 1.54) is 74.4 Å². The number of nitrogens with zero attached hydrogens (tertiary/aromatic N) is 12. The van der Waals surface area contributed by atoms with Crippen LogP contribution in [-0.4, -0.2) is 118 Å². The zero-order valence-electron chi connectivity index (χ0n) is 78.2. The van der Waals surface area contributed by atoms with Crippen LogP contribution in [0.5, 0.6) is 46.0 Å². The van der Waals surface area contributed by atoms with Crippen molar-refractivity contribution in [1.29, 1.82) is 0 Å². The van der Waals surface area contributed by atoms with Crippen molar-refractivity contribution in [3.8, 4) is 180 Å². The summed E-state index contributed by atoms with van der Waals surface area (Å²) in [5.41, 5.74) is 39.4. The highest BCUT2D eigenvalue weighted by atomic mass is 19.1. The molecule has 0 atom stereocenters. The van der Waals surface area contributed by atoms with Gasteiger partial charge in [0.25, 0.3) is 0 Å². The monoisotopic (exact) mass is 1850 g/mol. The van der Waals surface area contributed by atoms with Crippen molar-refractivity contribution in [3.63, 3.8) is 0 Å². The lowest BCUT2D eigenvalue weighted by molar-refractivity contribution is 0.355. The van der Waals surface area contributed by atoms with Gasteiger partial charge in [0.15, 0.2) is 23.1 Å². The predicted octanol–water partition coefficient (Wildman–Crippen LogP) is 25.7. The molecule has 0 unspecified atom stereocenters. The average molecular weight is 1850 g/mol. The molecule has 0 spiro atoms. The Balaban J connectivity index is 0.000000108. The van der Waals surface area contributed by atoms with E-state index in [-0.39, 0.29) is 23.1 Å². The molecular weight excluding hydrogens is 1760 g/mol. The summed E-state index contributed by atoms with van der Waals surface area (Å²) in [4.78, 5) is 53.3. The molecule has 6 aliphatic heterocycles. The fraction of sp³-hybridized carbons (Fsp3) is 0.100. The van der Waals surface area contributed by atoms with Gasteiger partial charge in [-0.15, -0.1) is 0 Å². The summed E-state index contributed by atoms with van der Waals surface area (Å²) in [5.74, 6) is 3.53. The third kappa shape index (κ3) is 20.7. The Morgan fingerprint density at radius 1 is 0.227 bits per heavy atom. The second-order valence-electron chi connectivity index (χ2n) is 33.8. The van der Waals surface area contributed by atoms with Crippen molar-refractivity contribution >= 4 is 37.3 Å². The van der Waals surface area contributed by atoms with E-state index in [0.29, 0.717) is 17.2 Å². The maximum absolute atomic E-state index is 13.7. The second-order valence-corrected chi connectivity index (χ2v) is 33.8. The topological polar surface area (TPSA) is 258 Å². The van der Waals surface area contributed by atoms with Gasteiger partial charge in [-0.2, -0.15) is 0 Å². The first-order valence-electron chi connectivity index (χ1n) is 45.9. The Morgan fingerprint density at radius 2 is 0.518 bits per heavy atom.